The van der Waals surface area contributed by atoms with Gasteiger partial charge >= 0.3 is 18.3 Å². The van der Waals surface area contributed by atoms with Gasteiger partial charge in [-0.3, -0.25) is 14.4 Å². The second-order valence-corrected chi connectivity index (χ2v) is 31.6. The molecule has 0 fully saturated rings. The third-order valence-electron chi connectivity index (χ3n) is 16.7. The molecule has 28 heteroatoms. The highest BCUT2D eigenvalue weighted by atomic mass is 16.6. The minimum Gasteiger partial charge on any atom is -0.444 e. The molecule has 0 spiro atoms. The number of unbranched alkanes of at least 4 members (excludes halogenated alkanes) is 5. The summed E-state index contributed by atoms with van der Waals surface area (Å²) in [5.74, 6) is 0. The number of hydrogen-bond acceptors (Lipinski definition) is 25. The number of nitrogens with two attached hydrogens (primary N) is 4. The van der Waals surface area contributed by atoms with Crippen LogP contribution in [-0.4, -0.2) is 218 Å². The highest BCUT2D eigenvalue weighted by molar-refractivity contribution is 5.87. The van der Waals surface area contributed by atoms with E-state index in [2.05, 4.69) is 123 Å². The molecule has 3 aromatic carbocycles. The molecule has 0 aliphatic rings. The summed E-state index contributed by atoms with van der Waals surface area (Å²) in [4.78, 5) is 65.6. The lowest BCUT2D eigenvalue weighted by Crippen LogP contribution is -2.34. The average Bonchev–Trinajstić information content (AvgIpc) is 0.879. The van der Waals surface area contributed by atoms with Gasteiger partial charge < -0.3 is 117 Å². The molecule has 0 atom stereocenters. The molecule has 23 N–H and O–H groups in total. The van der Waals surface area contributed by atoms with Crippen LogP contribution in [0.3, 0.4) is 0 Å². The summed E-state index contributed by atoms with van der Waals surface area (Å²) in [6.07, 6.45) is 20.3. The van der Waals surface area contributed by atoms with Crippen molar-refractivity contribution in [1.29, 1.82) is 0 Å². The van der Waals surface area contributed by atoms with Crippen molar-refractivity contribution in [2.75, 3.05) is 164 Å². The number of rotatable bonds is 66. The maximum absolute atomic E-state index is 11.7. The van der Waals surface area contributed by atoms with E-state index in [0.29, 0.717) is 55.2 Å². The smallest absolute Gasteiger partial charge is 0.407 e. The molecule has 0 bridgehead atoms. The van der Waals surface area contributed by atoms with Gasteiger partial charge in [-0.25, -0.2) is 14.4 Å². The molecule has 0 aliphatic heterocycles. The van der Waals surface area contributed by atoms with Gasteiger partial charge in [0.1, 0.15) is 35.7 Å². The van der Waals surface area contributed by atoms with Gasteiger partial charge in [-0.2, -0.15) is 0 Å². The zero-order chi connectivity index (χ0) is 84.3. The molecule has 0 aliphatic carbocycles. The summed E-state index contributed by atoms with van der Waals surface area (Å²) in [5.41, 5.74) is 29.7. The largest absolute Gasteiger partial charge is 0.444 e. The standard InChI is InChI=1S/C38H74N8O4.C27H57N9.C12H26N2O2.C9H6O3.2CH4/c1-8-9-15-39-16-10-21-42-29-32-26-33(30-43-22-11-17-40-19-13-24-45-35(47)49-37(2,3)4)28-34(27-32)31-44-23-12-18-41-20-14-25-46-36(48)50-38(5,6)7;28-7-1-10-31-13-4-16-34-22-25-19-26(23-35-17-5-14-32-11-2-8-29)21-27(20-25)24-36-18-6-15-33-12-3-9-30;1-12(2,3)16-11(15)14-10-8-6-4-5-7-9-13;10-4-7-1-8(5-11)3-9(2-7)6-12;;/h26-28,39-44H,8-25,29-31H2,1-7H3,(H,45,47)(H,46,48);19-21,31-36H,1-18,22-24,28-30H2;4-10,13H2,1-3H3,(H,14,15);1-6H;2*1H4. The molecule has 0 radical (unpaired) electrons. The van der Waals surface area contributed by atoms with E-state index in [-0.39, 0.29) is 33.1 Å². The summed E-state index contributed by atoms with van der Waals surface area (Å²) in [6, 6.07) is 18.2. The molecule has 0 saturated carbocycles. The van der Waals surface area contributed by atoms with Crippen LogP contribution in [0.2, 0.25) is 0 Å². The second-order valence-electron chi connectivity index (χ2n) is 31.6. The minimum absolute atomic E-state index is 0. The third kappa shape index (κ3) is 77.7. The number of nitrogens with one attached hydrogen (secondary N) is 15. The van der Waals surface area contributed by atoms with Crippen LogP contribution in [-0.2, 0) is 53.5 Å². The molecule has 116 heavy (non-hydrogen) atoms. The van der Waals surface area contributed by atoms with Crippen molar-refractivity contribution in [3.8, 4) is 0 Å². The van der Waals surface area contributed by atoms with E-state index >= 15 is 0 Å². The van der Waals surface area contributed by atoms with Gasteiger partial charge in [0.2, 0.25) is 0 Å². The number of amides is 3. The summed E-state index contributed by atoms with van der Waals surface area (Å²) in [5, 5.41) is 50.8. The molecular weight excluding hydrogens is 1470 g/mol. The van der Waals surface area contributed by atoms with Crippen LogP contribution in [0.15, 0.2) is 54.6 Å². The van der Waals surface area contributed by atoms with Gasteiger partial charge in [0.05, 0.1) is 0 Å². The lowest BCUT2D eigenvalue weighted by molar-refractivity contribution is 0.0515. The van der Waals surface area contributed by atoms with Crippen molar-refractivity contribution in [3.05, 3.63) is 105 Å². The Labute approximate surface area is 703 Å². The monoisotopic (exact) mass is 1640 g/mol. The van der Waals surface area contributed by atoms with Crippen molar-refractivity contribution >= 4 is 37.1 Å². The quantitative estimate of drug-likeness (QED) is 0.0142. The van der Waals surface area contributed by atoms with E-state index in [0.717, 1.165) is 273 Å². The number of ether oxygens (including phenoxy) is 3. The van der Waals surface area contributed by atoms with E-state index in [9.17, 15) is 28.8 Å². The molecule has 0 heterocycles. The maximum Gasteiger partial charge on any atom is 0.407 e. The molecule has 672 valence electrons. The Kier molecular flexibility index (Phi) is 77.3. The van der Waals surface area contributed by atoms with E-state index in [4.69, 9.17) is 37.1 Å². The Bertz CT molecular complexity index is 2600. The Morgan fingerprint density at radius 2 is 0.457 bits per heavy atom. The van der Waals surface area contributed by atoms with Crippen LogP contribution in [0.1, 0.15) is 264 Å². The van der Waals surface area contributed by atoms with Gasteiger partial charge in [-0.1, -0.05) is 83.9 Å². The van der Waals surface area contributed by atoms with E-state index in [1.54, 1.807) is 0 Å². The first-order valence-corrected chi connectivity index (χ1v) is 42.9. The summed E-state index contributed by atoms with van der Waals surface area (Å²) in [7, 11) is 0. The number of carbonyl (C=O) groups excluding carboxylic acids is 6. The summed E-state index contributed by atoms with van der Waals surface area (Å²) < 4.78 is 15.6. The lowest BCUT2D eigenvalue weighted by Gasteiger charge is -2.19. The molecule has 28 nitrogen and oxygen atoms in total. The van der Waals surface area contributed by atoms with Crippen molar-refractivity contribution in [2.45, 2.75) is 256 Å². The van der Waals surface area contributed by atoms with Gasteiger partial charge in [-0.15, -0.1) is 0 Å². The van der Waals surface area contributed by atoms with Gasteiger partial charge in [0.25, 0.3) is 0 Å². The Balaban J connectivity index is -0.00000166. The van der Waals surface area contributed by atoms with E-state index in [1.807, 2.05) is 62.3 Å². The topological polar surface area (TPSA) is 415 Å². The third-order valence-corrected chi connectivity index (χ3v) is 16.7. The highest BCUT2D eigenvalue weighted by Crippen LogP contribution is 2.15. The molecule has 0 unspecified atom stereocenters. The first kappa shape index (κ1) is 114. The predicted octanol–water partition coefficient (Wildman–Crippen LogP) is 9.28. The first-order chi connectivity index (χ1) is 54.9. The van der Waals surface area contributed by atoms with Crippen molar-refractivity contribution in [1.82, 2.24) is 79.8 Å². The van der Waals surface area contributed by atoms with Crippen LogP contribution >= 0.6 is 0 Å². The number of benzene rings is 3. The van der Waals surface area contributed by atoms with E-state index in [1.165, 1.54) is 77.3 Å². The Hall–Kier alpha value is -6.16. The van der Waals surface area contributed by atoms with Crippen LogP contribution in [0.25, 0.3) is 0 Å². The second kappa shape index (κ2) is 78.7. The molecule has 3 amide bonds. The van der Waals surface area contributed by atoms with Crippen molar-refractivity contribution in [3.63, 3.8) is 0 Å². The lowest BCUT2D eigenvalue weighted by atomic mass is 10.0. The van der Waals surface area contributed by atoms with Crippen LogP contribution in [0.5, 0.6) is 0 Å². The molecule has 3 rings (SSSR count). The molecule has 0 saturated heterocycles. The van der Waals surface area contributed by atoms with Gasteiger partial charge in [0.15, 0.2) is 0 Å². The number of carbonyl (C=O) groups is 6. The molecule has 3 aromatic rings. The minimum atomic E-state index is -0.470. The maximum atomic E-state index is 11.7. The average molecular weight is 1640 g/mol. The zero-order valence-corrected chi connectivity index (χ0v) is 72.6. The highest BCUT2D eigenvalue weighted by Gasteiger charge is 2.18. The zero-order valence-electron chi connectivity index (χ0n) is 72.6. The summed E-state index contributed by atoms with van der Waals surface area (Å²) in [6.45, 7) is 47.0. The number of aldehydes is 3. The normalized spacial score (nSPS) is 11.1. The van der Waals surface area contributed by atoms with Crippen molar-refractivity contribution in [2.24, 2.45) is 22.9 Å². The Morgan fingerprint density at radius 3 is 0.672 bits per heavy atom. The fraction of sp³-hybridized carbons (Fsp3) is 0.727. The SMILES string of the molecule is C.C.CC(C)(C)OC(=O)NCCCCCCCN.CCCCNCCCNCc1cc(CNCCCNCCCNC(=O)OC(C)(C)C)cc(CNCCCNCCCNC(=O)OC(C)(C)C)c1.NCCCNCCCNCc1cc(CNCCCNCCCN)cc(CNCCCNCCCN)c1.O=Cc1cc(C=O)cc(C=O)c1. The fourth-order valence-electron chi connectivity index (χ4n) is 11.1. The predicted molar refractivity (Wildman–Crippen MR) is 484 cm³/mol. The molecule has 0 aromatic heterocycles. The van der Waals surface area contributed by atoms with E-state index < -0.39 is 16.8 Å². The van der Waals surface area contributed by atoms with Gasteiger partial charge in [-0.05, 0) is 348 Å². The van der Waals surface area contributed by atoms with Crippen LogP contribution < -0.4 is 103 Å². The van der Waals surface area contributed by atoms with Crippen molar-refractivity contribution < 1.29 is 43.0 Å². The fourth-order valence-corrected chi connectivity index (χ4v) is 11.1. The summed E-state index contributed by atoms with van der Waals surface area (Å²) >= 11 is 0. The Morgan fingerprint density at radius 1 is 0.267 bits per heavy atom. The van der Waals surface area contributed by atoms with Gasteiger partial charge in [0, 0.05) is 75.6 Å². The van der Waals surface area contributed by atoms with Crippen LogP contribution in [0, 0.1) is 0 Å². The number of hydrogen-bond donors (Lipinski definition) is 19. The first-order valence-electron chi connectivity index (χ1n) is 42.9. The van der Waals surface area contributed by atoms with Crippen LogP contribution in [0.4, 0.5) is 14.4 Å². The molecular formula is C88H171N19O9. The number of alkyl carbamates (subject to hydrolysis) is 3.